The number of nitrogens with two attached hydrogens (primary N) is 1. The minimum absolute atomic E-state index is 0.502. The molecule has 0 atom stereocenters. The molecule has 3 nitrogen and oxygen atoms in total. The molecule has 3 fully saturated rings. The Balaban J connectivity index is 1.38. The van der Waals surface area contributed by atoms with E-state index in [0.29, 0.717) is 6.04 Å². The smallest absolute Gasteiger partial charge is 0.0125 e. The summed E-state index contributed by atoms with van der Waals surface area (Å²) >= 11 is 0. The molecule has 1 saturated carbocycles. The van der Waals surface area contributed by atoms with Crippen molar-refractivity contribution in [3.8, 4) is 0 Å². The first-order valence-electron chi connectivity index (χ1n) is 7.53. The van der Waals surface area contributed by atoms with Crippen molar-refractivity contribution in [2.45, 2.75) is 50.6 Å². The van der Waals surface area contributed by atoms with Crippen LogP contribution in [-0.2, 0) is 0 Å². The SMILES string of the molecule is NC1CC(N2CCC(CN3CCCC3)CC2)C1. The second kappa shape index (κ2) is 5.25. The van der Waals surface area contributed by atoms with Crippen LogP contribution in [0.15, 0.2) is 0 Å². The summed E-state index contributed by atoms with van der Waals surface area (Å²) in [5, 5.41) is 0. The Morgan fingerprint density at radius 3 is 2.18 bits per heavy atom. The first kappa shape index (κ1) is 11.9. The number of rotatable bonds is 3. The summed E-state index contributed by atoms with van der Waals surface area (Å²) < 4.78 is 0. The maximum atomic E-state index is 5.88. The highest BCUT2D eigenvalue weighted by atomic mass is 15.2. The van der Waals surface area contributed by atoms with Gasteiger partial charge in [0, 0.05) is 18.6 Å². The van der Waals surface area contributed by atoms with E-state index in [1.165, 1.54) is 71.2 Å². The molecule has 98 valence electrons. The van der Waals surface area contributed by atoms with E-state index < -0.39 is 0 Å². The average molecular weight is 237 g/mol. The summed E-state index contributed by atoms with van der Waals surface area (Å²) in [6, 6.07) is 1.33. The zero-order chi connectivity index (χ0) is 11.7. The third kappa shape index (κ3) is 2.83. The van der Waals surface area contributed by atoms with Crippen LogP contribution in [0, 0.1) is 5.92 Å². The van der Waals surface area contributed by atoms with Crippen LogP contribution in [0.2, 0.25) is 0 Å². The van der Waals surface area contributed by atoms with E-state index >= 15 is 0 Å². The lowest BCUT2D eigenvalue weighted by Crippen LogP contribution is -2.53. The summed E-state index contributed by atoms with van der Waals surface area (Å²) in [4.78, 5) is 5.38. The molecule has 0 spiro atoms. The summed E-state index contributed by atoms with van der Waals surface area (Å²) in [7, 11) is 0. The molecule has 0 aromatic rings. The van der Waals surface area contributed by atoms with Gasteiger partial charge in [-0.05, 0) is 70.6 Å². The fourth-order valence-electron chi connectivity index (χ4n) is 3.76. The topological polar surface area (TPSA) is 32.5 Å². The Morgan fingerprint density at radius 2 is 1.59 bits per heavy atom. The third-order valence-corrected chi connectivity index (χ3v) is 5.03. The molecular formula is C14H27N3. The van der Waals surface area contributed by atoms with Crippen molar-refractivity contribution in [1.29, 1.82) is 0 Å². The highest BCUT2D eigenvalue weighted by Gasteiger charge is 2.33. The Labute approximate surface area is 105 Å². The molecular weight excluding hydrogens is 210 g/mol. The first-order chi connectivity index (χ1) is 8.31. The molecule has 2 N–H and O–H groups in total. The Morgan fingerprint density at radius 1 is 0.941 bits per heavy atom. The molecule has 0 aromatic carbocycles. The molecule has 2 saturated heterocycles. The molecule has 0 aromatic heterocycles. The van der Waals surface area contributed by atoms with E-state index in [0.717, 1.165) is 12.0 Å². The summed E-state index contributed by atoms with van der Waals surface area (Å²) in [6.07, 6.45) is 8.19. The van der Waals surface area contributed by atoms with Crippen LogP contribution in [-0.4, -0.2) is 54.6 Å². The molecule has 1 aliphatic carbocycles. The molecule has 0 unspecified atom stereocenters. The highest BCUT2D eigenvalue weighted by Crippen LogP contribution is 2.29. The lowest BCUT2D eigenvalue weighted by molar-refractivity contribution is 0.0653. The maximum Gasteiger partial charge on any atom is 0.0125 e. The van der Waals surface area contributed by atoms with Crippen molar-refractivity contribution in [2.75, 3.05) is 32.7 Å². The molecule has 17 heavy (non-hydrogen) atoms. The molecule has 0 radical (unpaired) electrons. The van der Waals surface area contributed by atoms with Crippen LogP contribution in [0.4, 0.5) is 0 Å². The molecule has 3 rings (SSSR count). The van der Waals surface area contributed by atoms with Crippen molar-refractivity contribution in [1.82, 2.24) is 9.80 Å². The second-order valence-electron chi connectivity index (χ2n) is 6.37. The van der Waals surface area contributed by atoms with Gasteiger partial charge in [-0.15, -0.1) is 0 Å². The lowest BCUT2D eigenvalue weighted by atomic mass is 9.84. The monoisotopic (exact) mass is 237 g/mol. The predicted molar refractivity (Wildman–Crippen MR) is 71.0 cm³/mol. The van der Waals surface area contributed by atoms with Gasteiger partial charge in [0.1, 0.15) is 0 Å². The van der Waals surface area contributed by atoms with Crippen molar-refractivity contribution in [3.63, 3.8) is 0 Å². The Bertz CT molecular complexity index is 236. The van der Waals surface area contributed by atoms with Gasteiger partial charge in [0.05, 0.1) is 0 Å². The van der Waals surface area contributed by atoms with Gasteiger partial charge in [-0.1, -0.05) is 0 Å². The molecule has 2 aliphatic heterocycles. The van der Waals surface area contributed by atoms with Crippen LogP contribution in [0.3, 0.4) is 0 Å². The van der Waals surface area contributed by atoms with Crippen LogP contribution < -0.4 is 5.73 Å². The summed E-state index contributed by atoms with van der Waals surface area (Å²) in [5.41, 5.74) is 5.88. The van der Waals surface area contributed by atoms with E-state index in [9.17, 15) is 0 Å². The largest absolute Gasteiger partial charge is 0.328 e. The first-order valence-corrected chi connectivity index (χ1v) is 7.53. The van der Waals surface area contributed by atoms with Crippen molar-refractivity contribution >= 4 is 0 Å². The third-order valence-electron chi connectivity index (χ3n) is 5.03. The molecule has 0 amide bonds. The maximum absolute atomic E-state index is 5.88. The Hall–Kier alpha value is -0.120. The minimum atomic E-state index is 0.502. The highest BCUT2D eigenvalue weighted by molar-refractivity contribution is 4.91. The zero-order valence-electron chi connectivity index (χ0n) is 11.0. The fourth-order valence-corrected chi connectivity index (χ4v) is 3.76. The van der Waals surface area contributed by atoms with Crippen molar-refractivity contribution < 1.29 is 0 Å². The number of hydrogen-bond donors (Lipinski definition) is 1. The molecule has 3 heteroatoms. The number of likely N-dealkylation sites (tertiary alicyclic amines) is 2. The zero-order valence-corrected chi connectivity index (χ0v) is 11.0. The van der Waals surface area contributed by atoms with Gasteiger partial charge < -0.3 is 15.5 Å². The van der Waals surface area contributed by atoms with Gasteiger partial charge in [-0.2, -0.15) is 0 Å². The molecule has 0 bridgehead atoms. The summed E-state index contributed by atoms with van der Waals surface area (Å²) in [6.45, 7) is 6.75. The molecule has 2 heterocycles. The fraction of sp³-hybridized carbons (Fsp3) is 1.00. The van der Waals surface area contributed by atoms with Crippen LogP contribution in [0.25, 0.3) is 0 Å². The average Bonchev–Trinajstić information content (AvgIpc) is 2.79. The standard InChI is InChI=1S/C14H27N3/c15-13-9-14(10-13)17-7-3-12(4-8-17)11-16-5-1-2-6-16/h12-14H,1-11,15H2. The van der Waals surface area contributed by atoms with E-state index in [-0.39, 0.29) is 0 Å². The van der Waals surface area contributed by atoms with Crippen LogP contribution >= 0.6 is 0 Å². The van der Waals surface area contributed by atoms with E-state index in [2.05, 4.69) is 9.80 Å². The van der Waals surface area contributed by atoms with Gasteiger partial charge in [-0.25, -0.2) is 0 Å². The van der Waals surface area contributed by atoms with Crippen LogP contribution in [0.1, 0.15) is 38.5 Å². The number of piperidine rings is 1. The van der Waals surface area contributed by atoms with Gasteiger partial charge in [0.15, 0.2) is 0 Å². The van der Waals surface area contributed by atoms with E-state index in [1.54, 1.807) is 0 Å². The van der Waals surface area contributed by atoms with Crippen molar-refractivity contribution in [3.05, 3.63) is 0 Å². The number of hydrogen-bond acceptors (Lipinski definition) is 3. The van der Waals surface area contributed by atoms with E-state index in [4.69, 9.17) is 5.73 Å². The number of nitrogens with zero attached hydrogens (tertiary/aromatic N) is 2. The van der Waals surface area contributed by atoms with Gasteiger partial charge >= 0.3 is 0 Å². The van der Waals surface area contributed by atoms with Crippen molar-refractivity contribution in [2.24, 2.45) is 11.7 Å². The van der Waals surface area contributed by atoms with E-state index in [1.807, 2.05) is 0 Å². The normalized spacial score (nSPS) is 37.2. The quantitative estimate of drug-likeness (QED) is 0.803. The van der Waals surface area contributed by atoms with Crippen LogP contribution in [0.5, 0.6) is 0 Å². The Kier molecular flexibility index (Phi) is 3.69. The van der Waals surface area contributed by atoms with Gasteiger partial charge in [0.25, 0.3) is 0 Å². The second-order valence-corrected chi connectivity index (χ2v) is 6.37. The lowest BCUT2D eigenvalue weighted by Gasteiger charge is -2.45. The predicted octanol–water partition coefficient (Wildman–Crippen LogP) is 1.28. The molecule has 3 aliphatic rings. The summed E-state index contributed by atoms with van der Waals surface area (Å²) in [5.74, 6) is 0.970. The van der Waals surface area contributed by atoms with Gasteiger partial charge in [0.2, 0.25) is 0 Å². The minimum Gasteiger partial charge on any atom is -0.328 e. The van der Waals surface area contributed by atoms with Gasteiger partial charge in [-0.3, -0.25) is 0 Å².